The highest BCUT2D eigenvalue weighted by atomic mass is 19.1. The van der Waals surface area contributed by atoms with E-state index in [1.54, 1.807) is 24.3 Å². The Kier molecular flexibility index (Phi) is 5.13. The van der Waals surface area contributed by atoms with E-state index in [2.05, 4.69) is 5.32 Å². The van der Waals surface area contributed by atoms with Gasteiger partial charge in [0.15, 0.2) is 18.1 Å². The fourth-order valence-electron chi connectivity index (χ4n) is 2.30. The molecule has 0 aliphatic carbocycles. The van der Waals surface area contributed by atoms with Crippen molar-refractivity contribution in [3.63, 3.8) is 0 Å². The molecule has 6 nitrogen and oxygen atoms in total. The number of hydrogen-bond acceptors (Lipinski definition) is 5. The molecule has 0 saturated carbocycles. The van der Waals surface area contributed by atoms with Gasteiger partial charge in [-0.15, -0.1) is 0 Å². The summed E-state index contributed by atoms with van der Waals surface area (Å²) >= 11 is 0. The fraction of sp³-hybridized carbons (Fsp3) is 0.222. The molecule has 2 aromatic rings. The Bertz CT molecular complexity index is 793. The summed E-state index contributed by atoms with van der Waals surface area (Å²) < 4.78 is 28.8. The van der Waals surface area contributed by atoms with Crippen molar-refractivity contribution in [2.24, 2.45) is 0 Å². The molecule has 0 saturated heterocycles. The van der Waals surface area contributed by atoms with Crippen molar-refractivity contribution in [3.8, 4) is 11.5 Å². The van der Waals surface area contributed by atoms with Gasteiger partial charge in [-0.2, -0.15) is 0 Å². The third-order valence-corrected chi connectivity index (χ3v) is 3.58. The highest BCUT2D eigenvalue weighted by molar-refractivity contribution is 5.81. The standard InChI is InChI=1S/C18H16FNO5/c19-14-4-2-1-3-13(14)8-18(22)23-10-17(21)20-9-12-5-6-15-16(7-12)25-11-24-15/h1-7H,8-11H2,(H,20,21). The van der Waals surface area contributed by atoms with E-state index in [4.69, 9.17) is 14.2 Å². The summed E-state index contributed by atoms with van der Waals surface area (Å²) in [5.74, 6) is -0.296. The van der Waals surface area contributed by atoms with E-state index in [-0.39, 0.29) is 25.3 Å². The quantitative estimate of drug-likeness (QED) is 0.810. The van der Waals surface area contributed by atoms with Crippen molar-refractivity contribution < 1.29 is 28.2 Å². The molecule has 0 unspecified atom stereocenters. The second-order valence-corrected chi connectivity index (χ2v) is 5.39. The SMILES string of the molecule is O=C(COC(=O)Cc1ccccc1F)NCc1ccc2c(c1)OCO2. The van der Waals surface area contributed by atoms with E-state index in [1.807, 2.05) is 0 Å². The Labute approximate surface area is 143 Å². The first-order valence-electron chi connectivity index (χ1n) is 7.66. The van der Waals surface area contributed by atoms with Gasteiger partial charge in [-0.3, -0.25) is 9.59 Å². The zero-order chi connectivity index (χ0) is 17.6. The van der Waals surface area contributed by atoms with Gasteiger partial charge in [0.2, 0.25) is 6.79 Å². The van der Waals surface area contributed by atoms with Gasteiger partial charge in [0.25, 0.3) is 5.91 Å². The van der Waals surface area contributed by atoms with Crippen molar-refractivity contribution in [3.05, 3.63) is 59.4 Å². The number of rotatable bonds is 6. The average Bonchev–Trinajstić information content (AvgIpc) is 3.08. The number of carbonyl (C=O) groups excluding carboxylic acids is 2. The number of carbonyl (C=O) groups is 2. The van der Waals surface area contributed by atoms with Crippen molar-refractivity contribution in [2.75, 3.05) is 13.4 Å². The number of ether oxygens (including phenoxy) is 3. The zero-order valence-electron chi connectivity index (χ0n) is 13.3. The summed E-state index contributed by atoms with van der Waals surface area (Å²) in [6.07, 6.45) is -0.220. The van der Waals surface area contributed by atoms with Gasteiger partial charge in [-0.05, 0) is 29.3 Å². The van der Waals surface area contributed by atoms with Crippen LogP contribution in [0.3, 0.4) is 0 Å². The van der Waals surface area contributed by atoms with Crippen molar-refractivity contribution in [1.29, 1.82) is 0 Å². The summed E-state index contributed by atoms with van der Waals surface area (Å²) in [6, 6.07) is 11.3. The molecule has 1 amide bonds. The first kappa shape index (κ1) is 16.8. The topological polar surface area (TPSA) is 73.9 Å². The van der Waals surface area contributed by atoms with Crippen LogP contribution in [0.15, 0.2) is 42.5 Å². The highest BCUT2D eigenvalue weighted by Gasteiger charge is 2.14. The lowest BCUT2D eigenvalue weighted by Gasteiger charge is -2.08. The Morgan fingerprint density at radius 3 is 2.76 bits per heavy atom. The van der Waals surface area contributed by atoms with E-state index in [9.17, 15) is 14.0 Å². The summed E-state index contributed by atoms with van der Waals surface area (Å²) in [4.78, 5) is 23.4. The number of halogens is 1. The molecule has 0 fully saturated rings. The van der Waals surface area contributed by atoms with Gasteiger partial charge in [0.05, 0.1) is 6.42 Å². The predicted octanol–water partition coefficient (Wildman–Crippen LogP) is 1.96. The number of amides is 1. The number of nitrogens with one attached hydrogen (secondary N) is 1. The zero-order valence-corrected chi connectivity index (χ0v) is 13.3. The molecule has 0 radical (unpaired) electrons. The molecular formula is C18H16FNO5. The molecule has 1 aliphatic heterocycles. The molecule has 0 aromatic heterocycles. The van der Waals surface area contributed by atoms with Crippen LogP contribution in [0.1, 0.15) is 11.1 Å². The Balaban J connectivity index is 1.42. The molecule has 3 rings (SSSR count). The molecule has 7 heteroatoms. The van der Waals surface area contributed by atoms with Crippen LogP contribution in [-0.4, -0.2) is 25.3 Å². The van der Waals surface area contributed by atoms with E-state index >= 15 is 0 Å². The smallest absolute Gasteiger partial charge is 0.310 e. The van der Waals surface area contributed by atoms with Gasteiger partial charge in [0.1, 0.15) is 5.82 Å². The highest BCUT2D eigenvalue weighted by Crippen LogP contribution is 2.32. The lowest BCUT2D eigenvalue weighted by molar-refractivity contribution is -0.147. The first-order chi connectivity index (χ1) is 12.1. The van der Waals surface area contributed by atoms with Crippen LogP contribution in [0.25, 0.3) is 0 Å². The Morgan fingerprint density at radius 1 is 1.12 bits per heavy atom. The molecule has 1 heterocycles. The second-order valence-electron chi connectivity index (χ2n) is 5.39. The number of fused-ring (bicyclic) bond motifs is 1. The van der Waals surface area contributed by atoms with Crippen LogP contribution in [0.5, 0.6) is 11.5 Å². The summed E-state index contributed by atoms with van der Waals surface area (Å²) in [6.45, 7) is 0.0290. The van der Waals surface area contributed by atoms with Gasteiger partial charge in [-0.25, -0.2) is 4.39 Å². The second kappa shape index (κ2) is 7.65. The van der Waals surface area contributed by atoms with Gasteiger partial charge < -0.3 is 19.5 Å². The minimum Gasteiger partial charge on any atom is -0.455 e. The molecule has 0 bridgehead atoms. The molecule has 2 aromatic carbocycles. The maximum Gasteiger partial charge on any atom is 0.310 e. The minimum atomic E-state index is -0.664. The van der Waals surface area contributed by atoms with Crippen molar-refractivity contribution in [1.82, 2.24) is 5.32 Å². The van der Waals surface area contributed by atoms with Gasteiger partial charge in [0, 0.05) is 6.54 Å². The van der Waals surface area contributed by atoms with Crippen molar-refractivity contribution in [2.45, 2.75) is 13.0 Å². The Morgan fingerprint density at radius 2 is 1.92 bits per heavy atom. The van der Waals surface area contributed by atoms with Crippen LogP contribution in [0.4, 0.5) is 4.39 Å². The largest absolute Gasteiger partial charge is 0.455 e. The van der Waals surface area contributed by atoms with E-state index in [0.29, 0.717) is 11.5 Å². The normalized spacial score (nSPS) is 11.9. The molecule has 1 N–H and O–H groups in total. The minimum absolute atomic E-state index is 0.184. The summed E-state index contributed by atoms with van der Waals surface area (Å²) in [5, 5.41) is 2.63. The summed E-state index contributed by atoms with van der Waals surface area (Å²) in [7, 11) is 0. The van der Waals surface area contributed by atoms with Crippen molar-refractivity contribution >= 4 is 11.9 Å². The van der Waals surface area contributed by atoms with Gasteiger partial charge in [-0.1, -0.05) is 24.3 Å². The molecule has 25 heavy (non-hydrogen) atoms. The number of benzene rings is 2. The van der Waals surface area contributed by atoms with Crippen LogP contribution in [-0.2, 0) is 27.3 Å². The molecule has 130 valence electrons. The van der Waals surface area contributed by atoms with E-state index in [1.165, 1.54) is 18.2 Å². The monoisotopic (exact) mass is 345 g/mol. The first-order valence-corrected chi connectivity index (χ1v) is 7.66. The van der Waals surface area contributed by atoms with Crippen LogP contribution >= 0.6 is 0 Å². The molecule has 0 atom stereocenters. The van der Waals surface area contributed by atoms with E-state index in [0.717, 1.165) is 5.56 Å². The lowest BCUT2D eigenvalue weighted by Crippen LogP contribution is -2.28. The lowest BCUT2D eigenvalue weighted by atomic mass is 10.1. The maximum atomic E-state index is 13.4. The van der Waals surface area contributed by atoms with Crippen LogP contribution < -0.4 is 14.8 Å². The third kappa shape index (κ3) is 4.47. The number of hydrogen-bond donors (Lipinski definition) is 1. The molecular weight excluding hydrogens is 329 g/mol. The molecule has 1 aliphatic rings. The molecule has 0 spiro atoms. The average molecular weight is 345 g/mol. The van der Waals surface area contributed by atoms with Crippen LogP contribution in [0.2, 0.25) is 0 Å². The van der Waals surface area contributed by atoms with Gasteiger partial charge >= 0.3 is 5.97 Å². The third-order valence-electron chi connectivity index (χ3n) is 3.58. The van der Waals surface area contributed by atoms with E-state index < -0.39 is 24.3 Å². The fourth-order valence-corrected chi connectivity index (χ4v) is 2.30. The maximum absolute atomic E-state index is 13.4. The summed E-state index contributed by atoms with van der Waals surface area (Å²) in [5.41, 5.74) is 1.06. The Hall–Kier alpha value is -3.09. The van der Waals surface area contributed by atoms with Crippen LogP contribution in [0, 0.1) is 5.82 Å². The predicted molar refractivity (Wildman–Crippen MR) is 85.5 cm³/mol. The number of esters is 1.